The molecule has 0 saturated heterocycles. The first-order chi connectivity index (χ1) is 9.04. The van der Waals surface area contributed by atoms with E-state index < -0.39 is 5.97 Å². The summed E-state index contributed by atoms with van der Waals surface area (Å²) in [4.78, 5) is 14.8. The first-order valence-electron chi connectivity index (χ1n) is 5.91. The number of aliphatic carboxylic acids is 1. The fraction of sp³-hybridized carbons (Fsp3) is 0.286. The van der Waals surface area contributed by atoms with Gasteiger partial charge in [-0.25, -0.2) is 4.98 Å². The average molecular weight is 261 g/mol. The van der Waals surface area contributed by atoms with Gasteiger partial charge in [0.15, 0.2) is 6.61 Å². The number of carbonyl (C=O) groups is 1. The zero-order chi connectivity index (χ0) is 13.8. The molecule has 100 valence electrons. The normalized spacial score (nSPS) is 10.4. The van der Waals surface area contributed by atoms with Gasteiger partial charge in [-0.1, -0.05) is 12.1 Å². The SMILES string of the molecule is Cc1nc(COc2ccc(CC(=O)O)cc2)oc1C. The van der Waals surface area contributed by atoms with E-state index in [-0.39, 0.29) is 13.0 Å². The van der Waals surface area contributed by atoms with Crippen molar-refractivity contribution in [2.75, 3.05) is 0 Å². The monoisotopic (exact) mass is 261 g/mol. The molecule has 19 heavy (non-hydrogen) atoms. The van der Waals surface area contributed by atoms with Crippen LogP contribution in [0.15, 0.2) is 28.7 Å². The Morgan fingerprint density at radius 2 is 2.00 bits per heavy atom. The van der Waals surface area contributed by atoms with Crippen LogP contribution in [0.4, 0.5) is 0 Å². The Morgan fingerprint density at radius 1 is 1.32 bits per heavy atom. The number of rotatable bonds is 5. The Morgan fingerprint density at radius 3 is 2.53 bits per heavy atom. The van der Waals surface area contributed by atoms with Gasteiger partial charge >= 0.3 is 5.97 Å². The molecule has 0 fully saturated rings. The van der Waals surface area contributed by atoms with Crippen molar-refractivity contribution in [1.82, 2.24) is 4.98 Å². The highest BCUT2D eigenvalue weighted by molar-refractivity contribution is 5.70. The number of carboxylic acid groups (broad SMARTS) is 1. The van der Waals surface area contributed by atoms with Gasteiger partial charge in [-0.05, 0) is 31.5 Å². The lowest BCUT2D eigenvalue weighted by Crippen LogP contribution is -2.00. The van der Waals surface area contributed by atoms with Crippen molar-refractivity contribution in [1.29, 1.82) is 0 Å². The number of hydrogen-bond donors (Lipinski definition) is 1. The lowest BCUT2D eigenvalue weighted by atomic mass is 10.1. The van der Waals surface area contributed by atoms with E-state index in [2.05, 4.69) is 4.98 Å². The molecule has 0 aliphatic carbocycles. The maximum atomic E-state index is 10.5. The number of carboxylic acids is 1. The molecule has 2 rings (SSSR count). The third-order valence-corrected chi connectivity index (χ3v) is 2.71. The van der Waals surface area contributed by atoms with Crippen LogP contribution < -0.4 is 4.74 Å². The van der Waals surface area contributed by atoms with E-state index in [9.17, 15) is 4.79 Å². The van der Waals surface area contributed by atoms with Gasteiger partial charge in [0.1, 0.15) is 11.5 Å². The van der Waals surface area contributed by atoms with Crippen LogP contribution in [-0.2, 0) is 17.8 Å². The topological polar surface area (TPSA) is 72.6 Å². The van der Waals surface area contributed by atoms with Crippen LogP contribution in [0.3, 0.4) is 0 Å². The van der Waals surface area contributed by atoms with E-state index in [4.69, 9.17) is 14.3 Å². The fourth-order valence-corrected chi connectivity index (χ4v) is 1.62. The third kappa shape index (κ3) is 3.58. The summed E-state index contributed by atoms with van der Waals surface area (Å²) in [5.41, 5.74) is 1.60. The predicted molar refractivity (Wildman–Crippen MR) is 68.1 cm³/mol. The molecule has 0 spiro atoms. The lowest BCUT2D eigenvalue weighted by Gasteiger charge is -2.04. The highest BCUT2D eigenvalue weighted by atomic mass is 16.5. The fourth-order valence-electron chi connectivity index (χ4n) is 1.62. The highest BCUT2D eigenvalue weighted by Crippen LogP contribution is 2.15. The first kappa shape index (κ1) is 13.1. The van der Waals surface area contributed by atoms with E-state index in [1.165, 1.54) is 0 Å². The maximum Gasteiger partial charge on any atom is 0.307 e. The molecular formula is C14H15NO4. The van der Waals surface area contributed by atoms with Gasteiger partial charge in [0.2, 0.25) is 5.89 Å². The Labute approximate surface area is 110 Å². The predicted octanol–water partition coefficient (Wildman–Crippen LogP) is 2.50. The zero-order valence-electron chi connectivity index (χ0n) is 10.8. The summed E-state index contributed by atoms with van der Waals surface area (Å²) in [5, 5.41) is 8.66. The van der Waals surface area contributed by atoms with Crippen molar-refractivity contribution >= 4 is 5.97 Å². The number of aromatic nitrogens is 1. The molecule has 5 nitrogen and oxygen atoms in total. The van der Waals surface area contributed by atoms with E-state index in [0.29, 0.717) is 11.6 Å². The van der Waals surface area contributed by atoms with Gasteiger partial charge in [0.25, 0.3) is 0 Å². The van der Waals surface area contributed by atoms with Gasteiger partial charge in [-0.3, -0.25) is 4.79 Å². The van der Waals surface area contributed by atoms with Crippen molar-refractivity contribution < 1.29 is 19.1 Å². The second-order valence-corrected chi connectivity index (χ2v) is 4.25. The summed E-state index contributed by atoms with van der Waals surface area (Å²) in [6.07, 6.45) is 0.0123. The molecule has 0 saturated carbocycles. The maximum absolute atomic E-state index is 10.5. The summed E-state index contributed by atoms with van der Waals surface area (Å²) in [7, 11) is 0. The van der Waals surface area contributed by atoms with Gasteiger partial charge in [-0.2, -0.15) is 0 Å². The molecule has 0 amide bonds. The van der Waals surface area contributed by atoms with E-state index in [1.807, 2.05) is 13.8 Å². The van der Waals surface area contributed by atoms with Crippen LogP contribution in [0.5, 0.6) is 5.75 Å². The molecule has 0 aliphatic heterocycles. The number of hydrogen-bond acceptors (Lipinski definition) is 4. The molecule has 0 aliphatic rings. The highest BCUT2D eigenvalue weighted by Gasteiger charge is 2.06. The minimum absolute atomic E-state index is 0.0123. The van der Waals surface area contributed by atoms with Crippen LogP contribution in [0.2, 0.25) is 0 Å². The number of aryl methyl sites for hydroxylation is 2. The van der Waals surface area contributed by atoms with Crippen LogP contribution in [0.1, 0.15) is 22.9 Å². The number of ether oxygens (including phenoxy) is 1. The van der Waals surface area contributed by atoms with Gasteiger partial charge in [0.05, 0.1) is 12.1 Å². The summed E-state index contributed by atoms with van der Waals surface area (Å²) < 4.78 is 10.9. The van der Waals surface area contributed by atoms with Gasteiger partial charge in [0, 0.05) is 0 Å². The van der Waals surface area contributed by atoms with Crippen LogP contribution in [0.25, 0.3) is 0 Å². The average Bonchev–Trinajstić information content (AvgIpc) is 2.67. The van der Waals surface area contributed by atoms with Crippen LogP contribution in [0, 0.1) is 13.8 Å². The van der Waals surface area contributed by atoms with Crippen molar-refractivity contribution in [3.63, 3.8) is 0 Å². The molecule has 1 N–H and O–H groups in total. The zero-order valence-corrected chi connectivity index (χ0v) is 10.8. The summed E-state index contributed by atoms with van der Waals surface area (Å²) in [5.74, 6) is 1.13. The van der Waals surface area contributed by atoms with E-state index in [1.54, 1.807) is 24.3 Å². The van der Waals surface area contributed by atoms with Crippen LogP contribution in [-0.4, -0.2) is 16.1 Å². The second-order valence-electron chi connectivity index (χ2n) is 4.25. The molecule has 1 aromatic carbocycles. The quantitative estimate of drug-likeness (QED) is 0.895. The van der Waals surface area contributed by atoms with Crippen molar-refractivity contribution in [2.24, 2.45) is 0 Å². The standard InChI is InChI=1S/C14H15NO4/c1-9-10(2)19-13(15-9)8-18-12-5-3-11(4-6-12)7-14(16)17/h3-6H,7-8H2,1-2H3,(H,16,17). The molecule has 0 radical (unpaired) electrons. The van der Waals surface area contributed by atoms with Crippen molar-refractivity contribution in [2.45, 2.75) is 26.9 Å². The summed E-state index contributed by atoms with van der Waals surface area (Å²) >= 11 is 0. The summed E-state index contributed by atoms with van der Waals surface area (Å²) in [6.45, 7) is 3.99. The van der Waals surface area contributed by atoms with Crippen molar-refractivity contribution in [3.05, 3.63) is 47.2 Å². The molecule has 2 aromatic rings. The first-order valence-corrected chi connectivity index (χ1v) is 5.91. The smallest absolute Gasteiger partial charge is 0.307 e. The Kier molecular flexibility index (Phi) is 3.85. The molecular weight excluding hydrogens is 246 g/mol. The minimum Gasteiger partial charge on any atom is -0.484 e. The van der Waals surface area contributed by atoms with E-state index >= 15 is 0 Å². The van der Waals surface area contributed by atoms with Gasteiger partial charge in [-0.15, -0.1) is 0 Å². The second kappa shape index (κ2) is 5.56. The number of benzene rings is 1. The molecule has 0 atom stereocenters. The Balaban J connectivity index is 1.94. The third-order valence-electron chi connectivity index (χ3n) is 2.71. The Bertz CT molecular complexity index is 552. The largest absolute Gasteiger partial charge is 0.484 e. The molecule has 5 heteroatoms. The molecule has 1 heterocycles. The number of oxazole rings is 1. The van der Waals surface area contributed by atoms with Gasteiger partial charge < -0.3 is 14.3 Å². The van der Waals surface area contributed by atoms with E-state index in [0.717, 1.165) is 17.0 Å². The van der Waals surface area contributed by atoms with Crippen molar-refractivity contribution in [3.8, 4) is 5.75 Å². The summed E-state index contributed by atoms with van der Waals surface area (Å²) in [6, 6.07) is 6.94. The van der Waals surface area contributed by atoms with Crippen LogP contribution >= 0.6 is 0 Å². The minimum atomic E-state index is -0.848. The molecule has 1 aromatic heterocycles. The molecule has 0 unspecified atom stereocenters. The Hall–Kier alpha value is -2.30. The lowest BCUT2D eigenvalue weighted by molar-refractivity contribution is -0.136. The number of nitrogens with zero attached hydrogens (tertiary/aromatic N) is 1. The molecule has 0 bridgehead atoms.